The Morgan fingerprint density at radius 1 is 1.50 bits per heavy atom. The van der Waals surface area contributed by atoms with Gasteiger partial charge in [-0.3, -0.25) is 4.98 Å². The summed E-state index contributed by atoms with van der Waals surface area (Å²) in [4.78, 5) is 5.96. The lowest BCUT2D eigenvalue weighted by atomic mass is 10.2. The third-order valence-corrected chi connectivity index (χ3v) is 2.08. The second-order valence-corrected chi connectivity index (χ2v) is 2.84. The third-order valence-electron chi connectivity index (χ3n) is 2.08. The van der Waals surface area contributed by atoms with Crippen molar-refractivity contribution in [3.8, 4) is 0 Å². The minimum atomic E-state index is 0.572. The summed E-state index contributed by atoms with van der Waals surface area (Å²) < 4.78 is 0. The van der Waals surface area contributed by atoms with Crippen molar-refractivity contribution in [2.24, 2.45) is 5.16 Å². The Hall–Kier alpha value is -1.58. The molecule has 0 saturated heterocycles. The van der Waals surface area contributed by atoms with Gasteiger partial charge in [-0.25, -0.2) is 0 Å². The van der Waals surface area contributed by atoms with E-state index in [0.29, 0.717) is 5.84 Å². The molecule has 1 aromatic rings. The van der Waals surface area contributed by atoms with Gasteiger partial charge in [-0.2, -0.15) is 0 Å². The van der Waals surface area contributed by atoms with Crippen LogP contribution in [0, 0.1) is 0 Å². The number of aromatic nitrogens is 1. The lowest BCUT2D eigenvalue weighted by molar-refractivity contribution is 0.304. The highest BCUT2D eigenvalue weighted by atomic mass is 16.4. The molecule has 0 fully saturated rings. The number of nitrogens with zero attached hydrogens (tertiary/aromatic N) is 3. The summed E-state index contributed by atoms with van der Waals surface area (Å²) in [7, 11) is 0. The van der Waals surface area contributed by atoms with Crippen LogP contribution >= 0.6 is 0 Å². The first-order chi connectivity index (χ1) is 6.83. The minimum Gasteiger partial charge on any atom is -0.409 e. The van der Waals surface area contributed by atoms with Crippen LogP contribution in [0.2, 0.25) is 0 Å². The second-order valence-electron chi connectivity index (χ2n) is 2.84. The van der Waals surface area contributed by atoms with Crippen LogP contribution in [0.3, 0.4) is 0 Å². The van der Waals surface area contributed by atoms with Gasteiger partial charge in [0.05, 0.1) is 0 Å². The maximum Gasteiger partial charge on any atom is 0.176 e. The van der Waals surface area contributed by atoms with Crippen LogP contribution in [0.15, 0.2) is 29.7 Å². The fourth-order valence-corrected chi connectivity index (χ4v) is 1.32. The lowest BCUT2D eigenvalue weighted by Gasteiger charge is -2.21. The zero-order valence-corrected chi connectivity index (χ0v) is 8.51. The topological polar surface area (TPSA) is 48.7 Å². The van der Waals surface area contributed by atoms with E-state index in [1.807, 2.05) is 30.9 Å². The maximum absolute atomic E-state index is 8.93. The average Bonchev–Trinajstić information content (AvgIpc) is 2.27. The molecular formula is C10H15N3O. The zero-order chi connectivity index (χ0) is 10.4. The molecule has 0 bridgehead atoms. The van der Waals surface area contributed by atoms with E-state index in [2.05, 4.69) is 10.1 Å². The zero-order valence-electron chi connectivity index (χ0n) is 8.51. The molecule has 1 heterocycles. The molecule has 0 aliphatic heterocycles. The van der Waals surface area contributed by atoms with Gasteiger partial charge < -0.3 is 10.1 Å². The van der Waals surface area contributed by atoms with Crippen molar-refractivity contribution in [1.29, 1.82) is 0 Å². The summed E-state index contributed by atoms with van der Waals surface area (Å²) >= 11 is 0. The molecular weight excluding hydrogens is 178 g/mol. The Morgan fingerprint density at radius 2 is 2.21 bits per heavy atom. The fourth-order valence-electron chi connectivity index (χ4n) is 1.32. The van der Waals surface area contributed by atoms with Crippen LogP contribution in [0.4, 0.5) is 0 Å². The summed E-state index contributed by atoms with van der Waals surface area (Å²) in [6.07, 6.45) is 3.38. The van der Waals surface area contributed by atoms with E-state index in [-0.39, 0.29) is 0 Å². The van der Waals surface area contributed by atoms with E-state index < -0.39 is 0 Å². The van der Waals surface area contributed by atoms with Crippen molar-refractivity contribution >= 4 is 5.84 Å². The van der Waals surface area contributed by atoms with Gasteiger partial charge in [-0.05, 0) is 26.0 Å². The summed E-state index contributed by atoms with van der Waals surface area (Å²) in [5.74, 6) is 0.572. The van der Waals surface area contributed by atoms with Crippen molar-refractivity contribution < 1.29 is 5.21 Å². The second kappa shape index (κ2) is 5.21. The number of amidine groups is 1. The maximum atomic E-state index is 8.93. The molecule has 0 atom stereocenters. The molecule has 1 rings (SSSR count). The molecule has 76 valence electrons. The van der Waals surface area contributed by atoms with E-state index in [1.165, 1.54) is 0 Å². The van der Waals surface area contributed by atoms with Gasteiger partial charge in [0, 0.05) is 31.0 Å². The van der Waals surface area contributed by atoms with Crippen LogP contribution in [0.5, 0.6) is 0 Å². The summed E-state index contributed by atoms with van der Waals surface area (Å²) in [6, 6.07) is 3.70. The Balaban J connectivity index is 2.94. The number of rotatable bonds is 3. The van der Waals surface area contributed by atoms with Crippen molar-refractivity contribution in [3.05, 3.63) is 30.1 Å². The standard InChI is InChI=1S/C10H15N3O/c1-3-13(4-2)10(12-14)9-6-5-7-11-8-9/h5-8,14H,3-4H2,1-2H3. The van der Waals surface area contributed by atoms with Crippen LogP contribution in [-0.4, -0.2) is 34.0 Å². The normalized spacial score (nSPS) is 11.4. The number of hydrogen-bond acceptors (Lipinski definition) is 3. The molecule has 0 radical (unpaired) electrons. The van der Waals surface area contributed by atoms with E-state index in [1.54, 1.807) is 12.4 Å². The lowest BCUT2D eigenvalue weighted by Crippen LogP contribution is -2.31. The highest BCUT2D eigenvalue weighted by molar-refractivity contribution is 5.98. The van der Waals surface area contributed by atoms with E-state index >= 15 is 0 Å². The predicted molar refractivity (Wildman–Crippen MR) is 55.5 cm³/mol. The number of hydrogen-bond donors (Lipinski definition) is 1. The van der Waals surface area contributed by atoms with E-state index in [0.717, 1.165) is 18.7 Å². The van der Waals surface area contributed by atoms with Crippen molar-refractivity contribution in [1.82, 2.24) is 9.88 Å². The van der Waals surface area contributed by atoms with Gasteiger partial charge in [-0.15, -0.1) is 0 Å². The molecule has 0 saturated carbocycles. The molecule has 0 amide bonds. The van der Waals surface area contributed by atoms with Gasteiger partial charge in [0.2, 0.25) is 0 Å². The predicted octanol–water partition coefficient (Wildman–Crippen LogP) is 1.56. The molecule has 0 spiro atoms. The average molecular weight is 193 g/mol. The number of oxime groups is 1. The molecule has 0 unspecified atom stereocenters. The van der Waals surface area contributed by atoms with Crippen LogP contribution < -0.4 is 0 Å². The van der Waals surface area contributed by atoms with Crippen LogP contribution in [-0.2, 0) is 0 Å². The Bertz CT molecular complexity index is 293. The Kier molecular flexibility index (Phi) is 3.91. The fraction of sp³-hybridized carbons (Fsp3) is 0.400. The summed E-state index contributed by atoms with van der Waals surface area (Å²) in [5.41, 5.74) is 0.832. The molecule has 4 nitrogen and oxygen atoms in total. The van der Waals surface area contributed by atoms with E-state index in [4.69, 9.17) is 5.21 Å². The minimum absolute atomic E-state index is 0.572. The molecule has 1 aromatic heterocycles. The van der Waals surface area contributed by atoms with Crippen molar-refractivity contribution in [3.63, 3.8) is 0 Å². The van der Waals surface area contributed by atoms with Gasteiger partial charge in [0.1, 0.15) is 0 Å². The van der Waals surface area contributed by atoms with Crippen LogP contribution in [0.1, 0.15) is 19.4 Å². The van der Waals surface area contributed by atoms with Crippen LogP contribution in [0.25, 0.3) is 0 Å². The summed E-state index contributed by atoms with van der Waals surface area (Å²) in [5, 5.41) is 12.2. The van der Waals surface area contributed by atoms with Gasteiger partial charge in [0.15, 0.2) is 5.84 Å². The highest BCUT2D eigenvalue weighted by Crippen LogP contribution is 2.03. The first-order valence-corrected chi connectivity index (χ1v) is 4.70. The smallest absolute Gasteiger partial charge is 0.176 e. The largest absolute Gasteiger partial charge is 0.409 e. The molecule has 0 aromatic carbocycles. The first kappa shape index (κ1) is 10.5. The number of pyridine rings is 1. The van der Waals surface area contributed by atoms with Gasteiger partial charge in [0.25, 0.3) is 0 Å². The third kappa shape index (κ3) is 2.22. The first-order valence-electron chi connectivity index (χ1n) is 4.70. The van der Waals surface area contributed by atoms with Crippen molar-refractivity contribution in [2.45, 2.75) is 13.8 Å². The summed E-state index contributed by atoms with van der Waals surface area (Å²) in [6.45, 7) is 5.66. The quantitative estimate of drug-likeness (QED) is 0.343. The SMILES string of the molecule is CCN(CC)C(=NO)c1cccnc1. The molecule has 4 heteroatoms. The Morgan fingerprint density at radius 3 is 2.64 bits per heavy atom. The van der Waals surface area contributed by atoms with Crippen molar-refractivity contribution in [2.75, 3.05) is 13.1 Å². The highest BCUT2D eigenvalue weighted by Gasteiger charge is 2.10. The molecule has 0 aliphatic rings. The monoisotopic (exact) mass is 193 g/mol. The van der Waals surface area contributed by atoms with Gasteiger partial charge >= 0.3 is 0 Å². The molecule has 0 aliphatic carbocycles. The molecule has 1 N–H and O–H groups in total. The Labute approximate surface area is 83.9 Å². The van der Waals surface area contributed by atoms with Gasteiger partial charge in [-0.1, -0.05) is 5.16 Å². The van der Waals surface area contributed by atoms with E-state index in [9.17, 15) is 0 Å². The molecule has 14 heavy (non-hydrogen) atoms.